The fraction of sp³-hybridized carbons (Fsp3) is 0.500. The molecular formula is C30H47NO2. The Hall–Kier alpha value is -2.39. The molecule has 1 aromatic rings. The second-order valence-corrected chi connectivity index (χ2v) is 9.29. The zero-order chi connectivity index (χ0) is 24.6. The summed E-state index contributed by atoms with van der Waals surface area (Å²) in [5.41, 5.74) is 1.40. The Balaban J connectivity index is 0.000000771. The number of quaternary nitrogens is 1. The zero-order valence-electron chi connectivity index (χ0n) is 21.5. The van der Waals surface area contributed by atoms with E-state index in [2.05, 4.69) is 101 Å². The summed E-state index contributed by atoms with van der Waals surface area (Å²) in [6.45, 7) is 3.33. The van der Waals surface area contributed by atoms with Crippen LogP contribution >= 0.6 is 0 Å². The molecule has 33 heavy (non-hydrogen) atoms. The summed E-state index contributed by atoms with van der Waals surface area (Å²) in [7, 11) is 6.60. The lowest BCUT2D eigenvalue weighted by atomic mass is 10.2. The van der Waals surface area contributed by atoms with Crippen molar-refractivity contribution >= 4 is 5.97 Å². The van der Waals surface area contributed by atoms with Gasteiger partial charge in [-0.1, -0.05) is 98.7 Å². The summed E-state index contributed by atoms with van der Waals surface area (Å²) in [4.78, 5) is 10.2. The van der Waals surface area contributed by atoms with Crippen molar-refractivity contribution in [3.63, 3.8) is 0 Å². The molecular weight excluding hydrogens is 406 g/mol. The Kier molecular flexibility index (Phi) is 19.9. The van der Waals surface area contributed by atoms with Gasteiger partial charge in [0.25, 0.3) is 0 Å². The van der Waals surface area contributed by atoms with E-state index in [0.717, 1.165) is 36.7 Å². The second kappa shape index (κ2) is 21.5. The molecule has 3 heteroatoms. The third kappa shape index (κ3) is 25.7. The first-order valence-corrected chi connectivity index (χ1v) is 12.5. The van der Waals surface area contributed by atoms with E-state index >= 15 is 0 Å². The van der Waals surface area contributed by atoms with Crippen molar-refractivity contribution in [1.82, 2.24) is 0 Å². The number of hydrogen-bond acceptors (Lipinski definition) is 2. The van der Waals surface area contributed by atoms with Gasteiger partial charge in [0.2, 0.25) is 0 Å². The topological polar surface area (TPSA) is 40.1 Å². The fourth-order valence-corrected chi connectivity index (χ4v) is 3.06. The maximum Gasteiger partial charge on any atom is 0.104 e. The van der Waals surface area contributed by atoms with Gasteiger partial charge in [0.1, 0.15) is 6.54 Å². The lowest BCUT2D eigenvalue weighted by molar-refractivity contribution is -0.884. The minimum Gasteiger partial charge on any atom is -0.550 e. The number of benzene rings is 1. The van der Waals surface area contributed by atoms with Gasteiger partial charge in [-0.15, -0.1) is 0 Å². The van der Waals surface area contributed by atoms with E-state index < -0.39 is 5.97 Å². The summed E-state index contributed by atoms with van der Waals surface area (Å²) in [5, 5.41) is 10.2. The van der Waals surface area contributed by atoms with E-state index in [4.69, 9.17) is 0 Å². The summed E-state index contributed by atoms with van der Waals surface area (Å²) in [6, 6.07) is 10.6. The molecule has 0 aliphatic rings. The molecule has 0 saturated heterocycles. The van der Waals surface area contributed by atoms with Gasteiger partial charge in [-0.2, -0.15) is 0 Å². The average Bonchev–Trinajstić information content (AvgIpc) is 2.76. The molecule has 184 valence electrons. The third-order valence-corrected chi connectivity index (χ3v) is 4.71. The smallest absolute Gasteiger partial charge is 0.104 e. The van der Waals surface area contributed by atoms with Crippen LogP contribution < -0.4 is 5.11 Å². The predicted octanol–water partition coefficient (Wildman–Crippen LogP) is 6.77. The Bertz CT molecular complexity index is 694. The summed E-state index contributed by atoms with van der Waals surface area (Å²) >= 11 is 0. The summed E-state index contributed by atoms with van der Waals surface area (Å²) in [5.74, 6) is -0.962. The summed E-state index contributed by atoms with van der Waals surface area (Å²) in [6.07, 6.45) is 27.0. The van der Waals surface area contributed by atoms with E-state index in [1.807, 2.05) is 6.08 Å². The van der Waals surface area contributed by atoms with Gasteiger partial charge in [-0.05, 0) is 51.4 Å². The Morgan fingerprint density at radius 3 is 1.70 bits per heavy atom. The van der Waals surface area contributed by atoms with Crippen molar-refractivity contribution in [2.75, 3.05) is 21.1 Å². The Morgan fingerprint density at radius 1 is 0.758 bits per heavy atom. The molecule has 0 spiro atoms. The number of aliphatic carboxylic acids is 1. The molecule has 0 bridgehead atoms. The van der Waals surface area contributed by atoms with Crippen LogP contribution in [0, 0.1) is 0 Å². The lowest BCUT2D eigenvalue weighted by Crippen LogP contribution is -2.33. The van der Waals surface area contributed by atoms with Gasteiger partial charge >= 0.3 is 0 Å². The quantitative estimate of drug-likeness (QED) is 0.157. The number of carbonyl (C=O) groups excluding carboxylic acids is 1. The van der Waals surface area contributed by atoms with E-state index in [1.165, 1.54) is 31.2 Å². The first-order chi connectivity index (χ1) is 15.8. The first-order valence-electron chi connectivity index (χ1n) is 12.5. The highest BCUT2D eigenvalue weighted by Gasteiger charge is 2.06. The number of hydrogen-bond donors (Lipinski definition) is 0. The highest BCUT2D eigenvalue weighted by atomic mass is 16.4. The molecule has 0 N–H and O–H groups in total. The van der Waals surface area contributed by atoms with Gasteiger partial charge in [-0.3, -0.25) is 0 Å². The van der Waals surface area contributed by atoms with Crippen molar-refractivity contribution in [1.29, 1.82) is 0 Å². The summed E-state index contributed by atoms with van der Waals surface area (Å²) < 4.78 is 0.990. The van der Waals surface area contributed by atoms with Crippen LogP contribution in [-0.4, -0.2) is 31.6 Å². The molecule has 0 aliphatic carbocycles. The van der Waals surface area contributed by atoms with Crippen LogP contribution in [-0.2, 0) is 11.3 Å². The van der Waals surface area contributed by atoms with E-state index in [9.17, 15) is 9.90 Å². The molecule has 1 aromatic carbocycles. The number of nitrogens with zero attached hydrogens (tertiary/aromatic N) is 1. The van der Waals surface area contributed by atoms with Crippen molar-refractivity contribution in [3.8, 4) is 0 Å². The maximum atomic E-state index is 10.2. The average molecular weight is 454 g/mol. The number of carbonyl (C=O) groups is 1. The van der Waals surface area contributed by atoms with Crippen LogP contribution in [0.2, 0.25) is 0 Å². The van der Waals surface area contributed by atoms with Crippen LogP contribution in [0.5, 0.6) is 0 Å². The van der Waals surface area contributed by atoms with Gasteiger partial charge in [0.15, 0.2) is 0 Å². The number of unbranched alkanes of at least 4 members (excludes halogenated alkanes) is 4. The molecule has 0 atom stereocenters. The van der Waals surface area contributed by atoms with Crippen LogP contribution in [0.4, 0.5) is 0 Å². The highest BCUT2D eigenvalue weighted by molar-refractivity contribution is 5.64. The Labute approximate surface area is 203 Å². The number of carboxylic acid groups (broad SMARTS) is 1. The molecule has 1 rings (SSSR count). The fourth-order valence-electron chi connectivity index (χ4n) is 3.06. The minimum absolute atomic E-state index is 0.151. The molecule has 0 amide bonds. The minimum atomic E-state index is -0.962. The van der Waals surface area contributed by atoms with Gasteiger partial charge in [-0.25, -0.2) is 0 Å². The van der Waals surface area contributed by atoms with Crippen LogP contribution in [0.25, 0.3) is 0 Å². The molecule has 3 nitrogen and oxygen atoms in total. The third-order valence-electron chi connectivity index (χ3n) is 4.71. The molecule has 0 fully saturated rings. The number of allylic oxidation sites excluding steroid dienone is 8. The number of rotatable bonds is 16. The standard InChI is InChI=1S/C20H32O2.C10H16N/c1-2-3-4-5-6-7-8-9-10-11-12-13-14-15-16-17-18-19-20(21)22;1-11(2,3)9-10-7-5-4-6-8-10/h6-7,9-10,12-13,15-16H,2-5,8,11,14,17-19H2,1H3,(H,21,22);4-8H,9H2,1-3H3/q;+1/p-1/b7-6-,10-9-,13-12-,16-15-;. The number of carboxylic acids is 1. The Morgan fingerprint density at radius 2 is 1.24 bits per heavy atom. The molecule has 0 radical (unpaired) electrons. The highest BCUT2D eigenvalue weighted by Crippen LogP contribution is 2.05. The van der Waals surface area contributed by atoms with E-state index in [-0.39, 0.29) is 6.42 Å². The van der Waals surface area contributed by atoms with Crippen molar-refractivity contribution in [2.45, 2.75) is 77.7 Å². The van der Waals surface area contributed by atoms with Gasteiger partial charge in [0.05, 0.1) is 21.1 Å². The van der Waals surface area contributed by atoms with E-state index in [0.29, 0.717) is 6.42 Å². The first kappa shape index (κ1) is 30.6. The van der Waals surface area contributed by atoms with E-state index in [1.54, 1.807) is 0 Å². The lowest BCUT2D eigenvalue weighted by Gasteiger charge is -2.23. The van der Waals surface area contributed by atoms with Gasteiger partial charge < -0.3 is 14.4 Å². The molecule has 0 aliphatic heterocycles. The second-order valence-electron chi connectivity index (χ2n) is 9.29. The maximum absolute atomic E-state index is 10.2. The largest absolute Gasteiger partial charge is 0.550 e. The SMILES string of the molecule is CCCCC/C=C\C/C=C\C/C=C\C/C=C\CCCC(=O)[O-].C[N+](C)(C)Cc1ccccc1. The molecule has 0 unspecified atom stereocenters. The van der Waals surface area contributed by atoms with Gasteiger partial charge in [0, 0.05) is 11.5 Å². The van der Waals surface area contributed by atoms with Crippen molar-refractivity contribution in [2.24, 2.45) is 0 Å². The predicted molar refractivity (Wildman–Crippen MR) is 142 cm³/mol. The van der Waals surface area contributed by atoms with Crippen LogP contribution in [0.1, 0.15) is 76.7 Å². The van der Waals surface area contributed by atoms with Crippen LogP contribution in [0.15, 0.2) is 78.9 Å². The molecule has 0 heterocycles. The van der Waals surface area contributed by atoms with Crippen LogP contribution in [0.3, 0.4) is 0 Å². The zero-order valence-corrected chi connectivity index (χ0v) is 21.5. The monoisotopic (exact) mass is 453 g/mol. The normalized spacial score (nSPS) is 12.1. The van der Waals surface area contributed by atoms with Crippen molar-refractivity contribution < 1.29 is 14.4 Å². The van der Waals surface area contributed by atoms with Crippen molar-refractivity contribution in [3.05, 3.63) is 84.5 Å². The molecule has 0 saturated carbocycles. The molecule has 0 aromatic heterocycles.